The van der Waals surface area contributed by atoms with Gasteiger partial charge in [0.2, 0.25) is 0 Å². The molecule has 3 heterocycles. The van der Waals surface area contributed by atoms with Crippen LogP contribution in [0.15, 0.2) is 51.0 Å². The minimum Gasteiger partial charge on any atom is -0.353 e. The molecule has 1 fully saturated rings. The fourth-order valence-electron chi connectivity index (χ4n) is 3.44. The standard InChI is InChI=1S/C19H24N6OS/c1-14-12-25-13-20-17(11-18(25)21-14)23-6-8-24(9-7-23)19(26)22-15-4-3-5-16(10-15)27-2/h3-5,10-11,13-14H,6-9,12H2,1-2H3,(H,22,26)/t14-/m0/s1. The highest BCUT2D eigenvalue weighted by atomic mass is 32.2. The molecule has 2 amide bonds. The Kier molecular flexibility index (Phi) is 5.07. The molecule has 7 nitrogen and oxygen atoms in total. The Balaban J connectivity index is 1.33. The van der Waals surface area contributed by atoms with Crippen molar-refractivity contribution in [2.75, 3.05) is 44.3 Å². The van der Waals surface area contributed by atoms with Gasteiger partial charge < -0.3 is 20.0 Å². The van der Waals surface area contributed by atoms with Crippen molar-refractivity contribution in [3.8, 4) is 0 Å². The maximum absolute atomic E-state index is 12.6. The fraction of sp³-hybridized carbons (Fsp3) is 0.421. The molecule has 1 atom stereocenters. The maximum Gasteiger partial charge on any atom is 0.321 e. The molecular formula is C19H24N6OS. The van der Waals surface area contributed by atoms with Gasteiger partial charge in [-0.25, -0.2) is 9.79 Å². The van der Waals surface area contributed by atoms with Crippen molar-refractivity contribution in [3.05, 3.63) is 36.2 Å². The smallest absolute Gasteiger partial charge is 0.321 e. The highest BCUT2D eigenvalue weighted by molar-refractivity contribution is 7.98. The van der Waals surface area contributed by atoms with Gasteiger partial charge in [-0.15, -0.1) is 11.8 Å². The zero-order valence-corrected chi connectivity index (χ0v) is 16.4. The van der Waals surface area contributed by atoms with E-state index < -0.39 is 0 Å². The number of carbonyl (C=O) groups is 1. The Hall–Kier alpha value is -2.48. The predicted molar refractivity (Wildman–Crippen MR) is 111 cm³/mol. The Bertz CT molecular complexity index is 812. The van der Waals surface area contributed by atoms with Crippen LogP contribution in [0.4, 0.5) is 10.5 Å². The van der Waals surface area contributed by atoms with Crippen molar-refractivity contribution in [2.24, 2.45) is 9.98 Å². The molecule has 1 N–H and O–H groups in total. The minimum atomic E-state index is -0.0470. The van der Waals surface area contributed by atoms with Crippen LogP contribution in [-0.2, 0) is 0 Å². The summed E-state index contributed by atoms with van der Waals surface area (Å²) in [4.78, 5) is 29.1. The summed E-state index contributed by atoms with van der Waals surface area (Å²) in [6.07, 6.45) is 5.95. The third-order valence-corrected chi connectivity index (χ3v) is 5.63. The molecule has 0 unspecified atom stereocenters. The van der Waals surface area contributed by atoms with Crippen LogP contribution in [0, 0.1) is 0 Å². The van der Waals surface area contributed by atoms with E-state index in [1.807, 2.05) is 47.8 Å². The minimum absolute atomic E-state index is 0.0470. The Morgan fingerprint density at radius 1 is 1.26 bits per heavy atom. The summed E-state index contributed by atoms with van der Waals surface area (Å²) >= 11 is 1.66. The molecule has 0 bridgehead atoms. The number of carbonyl (C=O) groups excluding carboxylic acids is 1. The molecule has 1 aromatic carbocycles. The average molecular weight is 385 g/mol. The SMILES string of the molecule is CSc1cccc(NC(=O)N2CCN(C3=CC4=N[C@@H](C)CN4C=N3)CC2)c1. The lowest BCUT2D eigenvalue weighted by molar-refractivity contribution is 0.167. The van der Waals surface area contributed by atoms with E-state index in [4.69, 9.17) is 0 Å². The van der Waals surface area contributed by atoms with E-state index >= 15 is 0 Å². The molecule has 3 aliphatic rings. The number of amides is 2. The molecule has 0 radical (unpaired) electrons. The normalized spacial score (nSPS) is 21.7. The van der Waals surface area contributed by atoms with Crippen LogP contribution in [0.25, 0.3) is 0 Å². The highest BCUT2D eigenvalue weighted by Gasteiger charge is 2.27. The van der Waals surface area contributed by atoms with E-state index in [2.05, 4.69) is 32.0 Å². The zero-order valence-electron chi connectivity index (χ0n) is 15.6. The third kappa shape index (κ3) is 3.95. The van der Waals surface area contributed by atoms with Gasteiger partial charge in [-0.2, -0.15) is 0 Å². The summed E-state index contributed by atoms with van der Waals surface area (Å²) in [5.74, 6) is 1.92. The van der Waals surface area contributed by atoms with Gasteiger partial charge in [0.05, 0.1) is 12.4 Å². The second-order valence-corrected chi connectivity index (χ2v) is 7.75. The van der Waals surface area contributed by atoms with E-state index in [0.717, 1.165) is 41.9 Å². The second-order valence-electron chi connectivity index (χ2n) is 6.87. The van der Waals surface area contributed by atoms with Gasteiger partial charge in [-0.05, 0) is 31.4 Å². The number of benzene rings is 1. The molecular weight excluding hydrogens is 360 g/mol. The Morgan fingerprint density at radius 2 is 2.07 bits per heavy atom. The molecule has 4 rings (SSSR count). The van der Waals surface area contributed by atoms with Crippen molar-refractivity contribution in [1.29, 1.82) is 0 Å². The summed E-state index contributed by atoms with van der Waals surface area (Å²) in [6, 6.07) is 8.18. The van der Waals surface area contributed by atoms with Crippen molar-refractivity contribution < 1.29 is 4.79 Å². The first kappa shape index (κ1) is 17.9. The number of nitrogens with zero attached hydrogens (tertiary/aromatic N) is 5. The summed E-state index contributed by atoms with van der Waals surface area (Å²) in [5.41, 5.74) is 0.835. The van der Waals surface area contributed by atoms with Gasteiger partial charge in [0.15, 0.2) is 0 Å². The highest BCUT2D eigenvalue weighted by Crippen LogP contribution is 2.21. The largest absolute Gasteiger partial charge is 0.353 e. The molecule has 0 saturated carbocycles. The average Bonchev–Trinajstić information content (AvgIpc) is 3.07. The number of nitrogens with one attached hydrogen (secondary N) is 1. The van der Waals surface area contributed by atoms with Crippen LogP contribution in [0.5, 0.6) is 0 Å². The molecule has 142 valence electrons. The van der Waals surface area contributed by atoms with Gasteiger partial charge in [0.1, 0.15) is 11.7 Å². The molecule has 0 aromatic heterocycles. The third-order valence-electron chi connectivity index (χ3n) is 4.91. The number of hydrogen-bond acceptors (Lipinski definition) is 6. The van der Waals surface area contributed by atoms with Crippen LogP contribution in [-0.4, -0.2) is 77.9 Å². The zero-order chi connectivity index (χ0) is 18.8. The lowest BCUT2D eigenvalue weighted by Gasteiger charge is -2.36. The van der Waals surface area contributed by atoms with E-state index in [1.54, 1.807) is 11.8 Å². The van der Waals surface area contributed by atoms with Crippen LogP contribution < -0.4 is 5.32 Å². The number of hydrogen-bond donors (Lipinski definition) is 1. The van der Waals surface area contributed by atoms with Gasteiger partial charge in [-0.3, -0.25) is 4.99 Å². The van der Waals surface area contributed by atoms with Crippen molar-refractivity contribution in [3.63, 3.8) is 0 Å². The van der Waals surface area contributed by atoms with Crippen LogP contribution in [0.2, 0.25) is 0 Å². The summed E-state index contributed by atoms with van der Waals surface area (Å²) in [5, 5.41) is 3.00. The topological polar surface area (TPSA) is 63.5 Å². The molecule has 27 heavy (non-hydrogen) atoms. The summed E-state index contributed by atoms with van der Waals surface area (Å²) in [7, 11) is 0. The number of thioether (sulfide) groups is 1. The van der Waals surface area contributed by atoms with Crippen LogP contribution in [0.3, 0.4) is 0 Å². The quantitative estimate of drug-likeness (QED) is 0.814. The van der Waals surface area contributed by atoms with E-state index in [1.165, 1.54) is 0 Å². The first-order valence-electron chi connectivity index (χ1n) is 9.17. The predicted octanol–water partition coefficient (Wildman–Crippen LogP) is 2.54. The second kappa shape index (κ2) is 7.64. The Labute approximate surface area is 163 Å². The lowest BCUT2D eigenvalue weighted by Crippen LogP contribution is -2.49. The van der Waals surface area contributed by atoms with Gasteiger partial charge in [-0.1, -0.05) is 6.07 Å². The van der Waals surface area contributed by atoms with Gasteiger partial charge >= 0.3 is 6.03 Å². The van der Waals surface area contributed by atoms with Gasteiger partial charge in [0.25, 0.3) is 0 Å². The number of piperazine rings is 1. The fourth-order valence-corrected chi connectivity index (χ4v) is 3.90. The molecule has 0 spiro atoms. The first-order valence-corrected chi connectivity index (χ1v) is 10.4. The molecule has 1 aromatic rings. The number of fused-ring (bicyclic) bond motifs is 1. The summed E-state index contributed by atoms with van der Waals surface area (Å²) in [6.45, 7) is 5.89. The van der Waals surface area contributed by atoms with Crippen LogP contribution >= 0.6 is 11.8 Å². The van der Waals surface area contributed by atoms with E-state index in [-0.39, 0.29) is 6.03 Å². The molecule has 3 aliphatic heterocycles. The van der Waals surface area contributed by atoms with Crippen LogP contribution in [0.1, 0.15) is 6.92 Å². The number of rotatable bonds is 3. The number of urea groups is 1. The van der Waals surface area contributed by atoms with Crippen molar-refractivity contribution >= 4 is 35.7 Å². The van der Waals surface area contributed by atoms with Gasteiger partial charge in [0, 0.05) is 49.4 Å². The maximum atomic E-state index is 12.6. The first-order chi connectivity index (χ1) is 13.1. The number of aliphatic imine (C=N–C) groups is 2. The molecule has 8 heteroatoms. The van der Waals surface area contributed by atoms with E-state index in [0.29, 0.717) is 19.1 Å². The Morgan fingerprint density at radius 3 is 2.85 bits per heavy atom. The van der Waals surface area contributed by atoms with Crippen molar-refractivity contribution in [1.82, 2.24) is 14.7 Å². The number of anilines is 1. The molecule has 1 saturated heterocycles. The lowest BCUT2D eigenvalue weighted by atomic mass is 10.3. The monoisotopic (exact) mass is 384 g/mol. The van der Waals surface area contributed by atoms with Crippen molar-refractivity contribution in [2.45, 2.75) is 17.9 Å². The number of amidine groups is 1. The van der Waals surface area contributed by atoms with E-state index in [9.17, 15) is 4.79 Å². The molecule has 0 aliphatic carbocycles. The summed E-state index contributed by atoms with van der Waals surface area (Å²) < 4.78 is 0.